The molecule has 0 fully saturated rings. The smallest absolute Gasteiger partial charge is 0.320 e. The Hall–Kier alpha value is -2.83. The third kappa shape index (κ3) is 3.82. The molecule has 0 atom stereocenters. The number of H-pyrrole nitrogens is 1. The molecule has 0 aliphatic rings. The minimum Gasteiger partial charge on any atom is -0.320 e. The predicted molar refractivity (Wildman–Crippen MR) is 107 cm³/mol. The summed E-state index contributed by atoms with van der Waals surface area (Å²) >= 11 is 11.9. The van der Waals surface area contributed by atoms with E-state index in [-0.39, 0.29) is 16.3 Å². The number of aryl methyl sites for hydroxylation is 2. The number of amides is 1. The maximum atomic E-state index is 12.8. The molecule has 0 aliphatic carbocycles. The highest BCUT2D eigenvalue weighted by Gasteiger charge is 2.17. The van der Waals surface area contributed by atoms with Gasteiger partial charge in [0.15, 0.2) is 0 Å². The van der Waals surface area contributed by atoms with Gasteiger partial charge >= 0.3 is 5.69 Å². The van der Waals surface area contributed by atoms with Crippen molar-refractivity contribution in [2.24, 2.45) is 0 Å². The average Bonchev–Trinajstić information content (AvgIpc) is 2.61. The molecule has 27 heavy (non-hydrogen) atoms. The number of anilines is 1. The maximum absolute atomic E-state index is 12.8. The summed E-state index contributed by atoms with van der Waals surface area (Å²) in [6.45, 7) is 3.79. The number of hydrogen-bond acceptors (Lipinski definition) is 3. The van der Waals surface area contributed by atoms with Crippen LogP contribution in [-0.4, -0.2) is 15.5 Å². The van der Waals surface area contributed by atoms with Gasteiger partial charge in [0, 0.05) is 11.2 Å². The van der Waals surface area contributed by atoms with E-state index < -0.39 is 17.2 Å². The van der Waals surface area contributed by atoms with Crippen molar-refractivity contribution in [2.75, 3.05) is 5.32 Å². The summed E-state index contributed by atoms with van der Waals surface area (Å²) in [5.41, 5.74) is 0.964. The minimum atomic E-state index is -0.738. The molecular formula is C19H15Cl2N3O3. The minimum absolute atomic E-state index is 0.233. The van der Waals surface area contributed by atoms with Gasteiger partial charge in [-0.3, -0.25) is 9.59 Å². The largest absolute Gasteiger partial charge is 0.333 e. The van der Waals surface area contributed by atoms with Crippen LogP contribution < -0.4 is 16.6 Å². The lowest BCUT2D eigenvalue weighted by atomic mass is 10.1. The van der Waals surface area contributed by atoms with Gasteiger partial charge in [0.05, 0.1) is 16.4 Å². The molecule has 0 saturated carbocycles. The fraction of sp³-hybridized carbons (Fsp3) is 0.105. The Labute approximate surface area is 164 Å². The highest BCUT2D eigenvalue weighted by atomic mass is 35.5. The van der Waals surface area contributed by atoms with E-state index in [9.17, 15) is 14.4 Å². The zero-order valence-electron chi connectivity index (χ0n) is 14.5. The van der Waals surface area contributed by atoms with E-state index in [1.165, 1.54) is 12.1 Å². The van der Waals surface area contributed by atoms with Crippen LogP contribution in [0.15, 0.2) is 52.2 Å². The topological polar surface area (TPSA) is 84.0 Å². The van der Waals surface area contributed by atoms with E-state index in [1.807, 2.05) is 13.8 Å². The molecule has 1 amide bonds. The first-order chi connectivity index (χ1) is 12.8. The van der Waals surface area contributed by atoms with Crippen molar-refractivity contribution in [3.8, 4) is 5.69 Å². The molecule has 8 heteroatoms. The first-order valence-corrected chi connectivity index (χ1v) is 8.72. The lowest BCUT2D eigenvalue weighted by molar-refractivity contribution is 0.102. The molecule has 2 aromatic carbocycles. The fourth-order valence-electron chi connectivity index (χ4n) is 2.52. The number of aromatic amines is 1. The number of carbonyl (C=O) groups is 1. The molecule has 1 heterocycles. The molecule has 1 aromatic heterocycles. The third-order valence-electron chi connectivity index (χ3n) is 4.15. The number of nitrogens with one attached hydrogen (secondary N) is 2. The summed E-state index contributed by atoms with van der Waals surface area (Å²) < 4.78 is 0.918. The zero-order valence-corrected chi connectivity index (χ0v) is 16.0. The standard InChI is InChI=1S/C19H15Cl2N3O3/c1-10-3-5-13(7-11(10)2)24-18(26)14(9-22-19(24)27)17(25)23-16-8-12(20)4-6-15(16)21/h3-9H,1-2H3,(H,22,27)(H,23,25). The predicted octanol–water partition coefficient (Wildman–Crippen LogP) is 3.70. The van der Waals surface area contributed by atoms with Crippen molar-refractivity contribution in [1.29, 1.82) is 0 Å². The van der Waals surface area contributed by atoms with Crippen LogP contribution in [0.2, 0.25) is 10.0 Å². The Morgan fingerprint density at radius 3 is 2.48 bits per heavy atom. The number of aromatic nitrogens is 2. The molecule has 0 bridgehead atoms. The van der Waals surface area contributed by atoms with Gasteiger partial charge in [0.1, 0.15) is 5.56 Å². The lowest BCUT2D eigenvalue weighted by Gasteiger charge is -2.10. The Kier molecular flexibility index (Phi) is 5.21. The number of halogens is 2. The Bertz CT molecular complexity index is 1170. The third-order valence-corrected chi connectivity index (χ3v) is 4.71. The van der Waals surface area contributed by atoms with Crippen LogP contribution in [0.4, 0.5) is 5.69 Å². The van der Waals surface area contributed by atoms with Crippen LogP contribution in [0, 0.1) is 13.8 Å². The summed E-state index contributed by atoms with van der Waals surface area (Å²) in [5, 5.41) is 3.18. The molecule has 6 nitrogen and oxygen atoms in total. The Balaban J connectivity index is 2.06. The van der Waals surface area contributed by atoms with Gasteiger partial charge in [-0.15, -0.1) is 0 Å². The highest BCUT2D eigenvalue weighted by molar-refractivity contribution is 6.35. The second-order valence-corrected chi connectivity index (χ2v) is 6.84. The second-order valence-electron chi connectivity index (χ2n) is 5.99. The van der Waals surface area contributed by atoms with E-state index in [2.05, 4.69) is 10.3 Å². The fourth-order valence-corrected chi connectivity index (χ4v) is 2.85. The summed E-state index contributed by atoms with van der Waals surface area (Å²) in [7, 11) is 0. The molecule has 0 unspecified atom stereocenters. The van der Waals surface area contributed by atoms with Crippen LogP contribution in [0.25, 0.3) is 5.69 Å². The molecular weight excluding hydrogens is 389 g/mol. The van der Waals surface area contributed by atoms with Crippen molar-refractivity contribution >= 4 is 34.8 Å². The normalized spacial score (nSPS) is 10.7. The van der Waals surface area contributed by atoms with Crippen LogP contribution in [0.1, 0.15) is 21.5 Å². The molecule has 0 radical (unpaired) electrons. The highest BCUT2D eigenvalue weighted by Crippen LogP contribution is 2.25. The first kappa shape index (κ1) is 18.9. The molecule has 3 rings (SSSR count). The van der Waals surface area contributed by atoms with Crippen LogP contribution in [0.3, 0.4) is 0 Å². The van der Waals surface area contributed by atoms with Gasteiger partial charge in [-0.2, -0.15) is 0 Å². The van der Waals surface area contributed by atoms with E-state index in [4.69, 9.17) is 23.2 Å². The van der Waals surface area contributed by atoms with E-state index in [0.29, 0.717) is 10.7 Å². The van der Waals surface area contributed by atoms with Crippen molar-refractivity contribution in [3.05, 3.63) is 90.2 Å². The summed E-state index contributed by atoms with van der Waals surface area (Å²) in [6, 6.07) is 9.73. The summed E-state index contributed by atoms with van der Waals surface area (Å²) in [4.78, 5) is 40.0. The van der Waals surface area contributed by atoms with Gasteiger partial charge in [0.25, 0.3) is 11.5 Å². The van der Waals surface area contributed by atoms with Crippen molar-refractivity contribution in [3.63, 3.8) is 0 Å². The van der Waals surface area contributed by atoms with E-state index in [0.717, 1.165) is 21.9 Å². The monoisotopic (exact) mass is 403 g/mol. The number of carbonyl (C=O) groups excluding carboxylic acids is 1. The number of rotatable bonds is 3. The van der Waals surface area contributed by atoms with Crippen LogP contribution >= 0.6 is 23.2 Å². The number of hydrogen-bond donors (Lipinski definition) is 2. The number of nitrogens with zero attached hydrogens (tertiary/aromatic N) is 1. The second kappa shape index (κ2) is 7.42. The van der Waals surface area contributed by atoms with Gasteiger partial charge < -0.3 is 10.3 Å². The molecule has 0 spiro atoms. The summed E-state index contributed by atoms with van der Waals surface area (Å²) in [6.07, 6.45) is 1.08. The van der Waals surface area contributed by atoms with Gasteiger partial charge in [-0.25, -0.2) is 9.36 Å². The van der Waals surface area contributed by atoms with Crippen molar-refractivity contribution in [1.82, 2.24) is 9.55 Å². The SMILES string of the molecule is Cc1ccc(-n2c(=O)[nH]cc(C(=O)Nc3cc(Cl)ccc3Cl)c2=O)cc1C. The van der Waals surface area contributed by atoms with E-state index >= 15 is 0 Å². The Morgan fingerprint density at radius 1 is 1.04 bits per heavy atom. The molecule has 0 saturated heterocycles. The maximum Gasteiger partial charge on any atom is 0.333 e. The van der Waals surface area contributed by atoms with Gasteiger partial charge in [0.2, 0.25) is 0 Å². The molecule has 138 valence electrons. The number of benzene rings is 2. The molecule has 2 N–H and O–H groups in total. The average molecular weight is 404 g/mol. The lowest BCUT2D eigenvalue weighted by Crippen LogP contribution is -2.38. The first-order valence-electron chi connectivity index (χ1n) is 7.96. The van der Waals surface area contributed by atoms with Crippen molar-refractivity contribution < 1.29 is 4.79 Å². The Morgan fingerprint density at radius 2 is 1.78 bits per heavy atom. The van der Waals surface area contributed by atoms with Crippen LogP contribution in [-0.2, 0) is 0 Å². The zero-order chi connectivity index (χ0) is 19.7. The van der Waals surface area contributed by atoms with Crippen molar-refractivity contribution in [2.45, 2.75) is 13.8 Å². The van der Waals surface area contributed by atoms with Gasteiger partial charge in [-0.1, -0.05) is 29.3 Å². The van der Waals surface area contributed by atoms with Crippen LogP contribution in [0.5, 0.6) is 0 Å². The van der Waals surface area contributed by atoms with E-state index in [1.54, 1.807) is 24.3 Å². The molecule has 0 aliphatic heterocycles. The quantitative estimate of drug-likeness (QED) is 0.698. The molecule has 3 aromatic rings. The van der Waals surface area contributed by atoms with Gasteiger partial charge in [-0.05, 0) is 55.3 Å². The summed E-state index contributed by atoms with van der Waals surface area (Å²) in [5.74, 6) is -0.710.